The van der Waals surface area contributed by atoms with E-state index in [4.69, 9.17) is 9.47 Å². The number of halogens is 1. The maximum absolute atomic E-state index is 13.3. The molecule has 0 aliphatic carbocycles. The largest absolute Gasteiger partial charge is 0.494 e. The SMILES string of the molecule is COC[C@H](C)Nc1ccc(OC)c(F)c1. The molecule has 4 heteroatoms. The molecule has 1 atom stereocenters. The number of anilines is 1. The Hall–Kier alpha value is -1.29. The molecule has 0 aromatic heterocycles. The number of hydrogen-bond acceptors (Lipinski definition) is 3. The van der Waals surface area contributed by atoms with Crippen molar-refractivity contribution in [2.75, 3.05) is 26.1 Å². The van der Waals surface area contributed by atoms with Gasteiger partial charge in [-0.3, -0.25) is 0 Å². The Bertz CT molecular complexity index is 317. The van der Waals surface area contributed by atoms with Crippen LogP contribution in [0.2, 0.25) is 0 Å². The van der Waals surface area contributed by atoms with Crippen LogP contribution in [-0.4, -0.2) is 26.9 Å². The Morgan fingerprint density at radius 3 is 2.67 bits per heavy atom. The van der Waals surface area contributed by atoms with Crippen LogP contribution in [0, 0.1) is 5.82 Å². The average molecular weight is 213 g/mol. The minimum atomic E-state index is -0.368. The van der Waals surface area contributed by atoms with Crippen molar-refractivity contribution in [3.63, 3.8) is 0 Å². The van der Waals surface area contributed by atoms with E-state index in [0.717, 1.165) is 5.69 Å². The smallest absolute Gasteiger partial charge is 0.167 e. The molecular weight excluding hydrogens is 197 g/mol. The van der Waals surface area contributed by atoms with Gasteiger partial charge < -0.3 is 14.8 Å². The van der Waals surface area contributed by atoms with E-state index >= 15 is 0 Å². The molecule has 1 N–H and O–H groups in total. The molecule has 0 spiro atoms. The predicted octanol–water partition coefficient (Wildman–Crippen LogP) is 2.28. The van der Waals surface area contributed by atoms with Gasteiger partial charge in [0.15, 0.2) is 11.6 Å². The number of methoxy groups -OCH3 is 2. The van der Waals surface area contributed by atoms with Crippen LogP contribution in [0.25, 0.3) is 0 Å². The first-order chi connectivity index (χ1) is 7.17. The highest BCUT2D eigenvalue weighted by Gasteiger charge is 2.05. The highest BCUT2D eigenvalue weighted by molar-refractivity contribution is 5.47. The average Bonchev–Trinajstić information content (AvgIpc) is 2.18. The van der Waals surface area contributed by atoms with E-state index < -0.39 is 0 Å². The van der Waals surface area contributed by atoms with Gasteiger partial charge in [0.1, 0.15) is 0 Å². The Morgan fingerprint density at radius 2 is 2.13 bits per heavy atom. The van der Waals surface area contributed by atoms with Gasteiger partial charge in [-0.2, -0.15) is 0 Å². The van der Waals surface area contributed by atoms with Crippen molar-refractivity contribution in [2.45, 2.75) is 13.0 Å². The summed E-state index contributed by atoms with van der Waals surface area (Å²) in [7, 11) is 3.08. The molecule has 0 aliphatic rings. The zero-order valence-electron chi connectivity index (χ0n) is 9.21. The molecule has 1 rings (SSSR count). The standard InChI is InChI=1S/C11H16FNO2/c1-8(7-14-2)13-9-4-5-11(15-3)10(12)6-9/h4-6,8,13H,7H2,1-3H3/t8-/m0/s1. The van der Waals surface area contributed by atoms with E-state index in [1.807, 2.05) is 6.92 Å². The molecule has 0 saturated heterocycles. The first-order valence-electron chi connectivity index (χ1n) is 4.76. The number of ether oxygens (including phenoxy) is 2. The normalized spacial score (nSPS) is 12.3. The topological polar surface area (TPSA) is 30.5 Å². The highest BCUT2D eigenvalue weighted by atomic mass is 19.1. The summed E-state index contributed by atoms with van der Waals surface area (Å²) in [6.07, 6.45) is 0. The van der Waals surface area contributed by atoms with E-state index in [-0.39, 0.29) is 17.6 Å². The lowest BCUT2D eigenvalue weighted by atomic mass is 10.2. The van der Waals surface area contributed by atoms with Crippen LogP contribution in [-0.2, 0) is 4.74 Å². The molecule has 1 aromatic carbocycles. The van der Waals surface area contributed by atoms with Crippen molar-refractivity contribution in [3.8, 4) is 5.75 Å². The molecular formula is C11H16FNO2. The zero-order valence-corrected chi connectivity index (χ0v) is 9.21. The lowest BCUT2D eigenvalue weighted by molar-refractivity contribution is 0.190. The Kier molecular flexibility index (Phi) is 4.37. The number of nitrogens with one attached hydrogen (secondary N) is 1. The number of rotatable bonds is 5. The van der Waals surface area contributed by atoms with E-state index in [9.17, 15) is 4.39 Å². The molecule has 0 radical (unpaired) electrons. The fraction of sp³-hybridized carbons (Fsp3) is 0.455. The fourth-order valence-electron chi connectivity index (χ4n) is 1.33. The minimum absolute atomic E-state index is 0.141. The molecule has 0 aliphatic heterocycles. The summed E-state index contributed by atoms with van der Waals surface area (Å²) < 4.78 is 23.1. The third-order valence-electron chi connectivity index (χ3n) is 1.98. The second-order valence-corrected chi connectivity index (χ2v) is 3.35. The van der Waals surface area contributed by atoms with Crippen LogP contribution in [0.1, 0.15) is 6.92 Å². The van der Waals surface area contributed by atoms with Crippen LogP contribution >= 0.6 is 0 Å². The van der Waals surface area contributed by atoms with Gasteiger partial charge in [-0.25, -0.2) is 4.39 Å². The fourth-order valence-corrected chi connectivity index (χ4v) is 1.33. The second kappa shape index (κ2) is 5.56. The molecule has 0 bridgehead atoms. The van der Waals surface area contributed by atoms with Crippen LogP contribution < -0.4 is 10.1 Å². The first-order valence-corrected chi connectivity index (χ1v) is 4.76. The quantitative estimate of drug-likeness (QED) is 0.814. The van der Waals surface area contributed by atoms with E-state index in [0.29, 0.717) is 6.61 Å². The minimum Gasteiger partial charge on any atom is -0.494 e. The Labute approximate surface area is 89.2 Å². The summed E-state index contributed by atoms with van der Waals surface area (Å²) in [5.41, 5.74) is 0.720. The summed E-state index contributed by atoms with van der Waals surface area (Å²) >= 11 is 0. The molecule has 1 aromatic rings. The van der Waals surface area contributed by atoms with Gasteiger partial charge in [0.25, 0.3) is 0 Å². The van der Waals surface area contributed by atoms with Gasteiger partial charge in [-0.05, 0) is 19.1 Å². The second-order valence-electron chi connectivity index (χ2n) is 3.35. The van der Waals surface area contributed by atoms with E-state index in [1.165, 1.54) is 13.2 Å². The van der Waals surface area contributed by atoms with Gasteiger partial charge in [0.05, 0.1) is 13.7 Å². The maximum Gasteiger partial charge on any atom is 0.167 e. The summed E-state index contributed by atoms with van der Waals surface area (Å²) in [4.78, 5) is 0. The first kappa shape index (κ1) is 11.8. The molecule has 0 amide bonds. The van der Waals surface area contributed by atoms with E-state index in [1.54, 1.807) is 19.2 Å². The van der Waals surface area contributed by atoms with Crippen LogP contribution in [0.3, 0.4) is 0 Å². The monoisotopic (exact) mass is 213 g/mol. The zero-order chi connectivity index (χ0) is 11.3. The Balaban J connectivity index is 2.66. The predicted molar refractivity (Wildman–Crippen MR) is 57.9 cm³/mol. The summed E-state index contributed by atoms with van der Waals surface area (Å²) in [5.74, 6) is -0.118. The van der Waals surface area contributed by atoms with Crippen molar-refractivity contribution in [1.29, 1.82) is 0 Å². The molecule has 0 saturated carbocycles. The van der Waals surface area contributed by atoms with Gasteiger partial charge in [-0.15, -0.1) is 0 Å². The molecule has 3 nitrogen and oxygen atoms in total. The van der Waals surface area contributed by atoms with Crippen LogP contribution in [0.5, 0.6) is 5.75 Å². The molecule has 0 unspecified atom stereocenters. The molecule has 15 heavy (non-hydrogen) atoms. The highest BCUT2D eigenvalue weighted by Crippen LogP contribution is 2.20. The van der Waals surface area contributed by atoms with Crippen molar-refractivity contribution in [1.82, 2.24) is 0 Å². The maximum atomic E-state index is 13.3. The van der Waals surface area contributed by atoms with Gasteiger partial charge in [-0.1, -0.05) is 0 Å². The molecule has 0 fully saturated rings. The third-order valence-corrected chi connectivity index (χ3v) is 1.98. The number of hydrogen-bond donors (Lipinski definition) is 1. The summed E-state index contributed by atoms with van der Waals surface area (Å²) in [6, 6.07) is 4.92. The van der Waals surface area contributed by atoms with Crippen LogP contribution in [0.15, 0.2) is 18.2 Å². The van der Waals surface area contributed by atoms with E-state index in [2.05, 4.69) is 5.32 Å². The molecule has 0 heterocycles. The van der Waals surface area contributed by atoms with Gasteiger partial charge in [0.2, 0.25) is 0 Å². The van der Waals surface area contributed by atoms with Crippen molar-refractivity contribution in [2.24, 2.45) is 0 Å². The summed E-state index contributed by atoms with van der Waals surface area (Å²) in [6.45, 7) is 2.54. The number of benzene rings is 1. The summed E-state index contributed by atoms with van der Waals surface area (Å²) in [5, 5.41) is 3.11. The van der Waals surface area contributed by atoms with Gasteiger partial charge in [0, 0.05) is 24.9 Å². The molecule has 84 valence electrons. The Morgan fingerprint density at radius 1 is 1.40 bits per heavy atom. The third kappa shape index (κ3) is 3.40. The van der Waals surface area contributed by atoms with Crippen molar-refractivity contribution < 1.29 is 13.9 Å². The van der Waals surface area contributed by atoms with Crippen molar-refractivity contribution >= 4 is 5.69 Å². The van der Waals surface area contributed by atoms with Gasteiger partial charge >= 0.3 is 0 Å². The lowest BCUT2D eigenvalue weighted by Crippen LogP contribution is -2.20. The van der Waals surface area contributed by atoms with Crippen molar-refractivity contribution in [3.05, 3.63) is 24.0 Å². The van der Waals surface area contributed by atoms with Crippen LogP contribution in [0.4, 0.5) is 10.1 Å². The lowest BCUT2D eigenvalue weighted by Gasteiger charge is -2.14.